The van der Waals surface area contributed by atoms with Gasteiger partial charge in [0.15, 0.2) is 11.5 Å². The third kappa shape index (κ3) is 5.55. The molecule has 3 aromatic carbocycles. The van der Waals surface area contributed by atoms with Crippen LogP contribution in [-0.4, -0.2) is 50.5 Å². The lowest BCUT2D eigenvalue weighted by atomic mass is 10.2. The Balaban J connectivity index is 1.51. The quantitative estimate of drug-likeness (QED) is 0.296. The molecule has 10 nitrogen and oxygen atoms in total. The van der Waals surface area contributed by atoms with Crippen LogP contribution in [0.3, 0.4) is 0 Å². The van der Waals surface area contributed by atoms with Gasteiger partial charge in [-0.3, -0.25) is 9.36 Å². The molecule has 2 heterocycles. The molecule has 2 aromatic heterocycles. The molecule has 196 valence electrons. The molecule has 0 bridgehead atoms. The molecule has 0 saturated carbocycles. The number of fused-ring (bicyclic) bond motifs is 1. The normalized spacial score (nSPS) is 11.4. The maximum absolute atomic E-state index is 13.8. The van der Waals surface area contributed by atoms with E-state index in [2.05, 4.69) is 15.3 Å². The van der Waals surface area contributed by atoms with Gasteiger partial charge in [-0.15, -0.1) is 0 Å². The summed E-state index contributed by atoms with van der Waals surface area (Å²) >= 11 is 0. The zero-order chi connectivity index (χ0) is 27.4. The summed E-state index contributed by atoms with van der Waals surface area (Å²) in [5, 5.41) is 2.83. The van der Waals surface area contributed by atoms with Gasteiger partial charge in [0.2, 0.25) is 5.91 Å². The van der Waals surface area contributed by atoms with Crippen molar-refractivity contribution in [1.82, 2.24) is 24.0 Å². The summed E-state index contributed by atoms with van der Waals surface area (Å²) in [4.78, 5) is 36.6. The van der Waals surface area contributed by atoms with Gasteiger partial charge in [-0.1, -0.05) is 30.3 Å². The molecule has 0 saturated heterocycles. The highest BCUT2D eigenvalue weighted by molar-refractivity contribution is 5.99. The van der Waals surface area contributed by atoms with Gasteiger partial charge in [-0.05, 0) is 68.7 Å². The molecule has 0 aliphatic heterocycles. The van der Waals surface area contributed by atoms with Crippen molar-refractivity contribution in [2.24, 2.45) is 0 Å². The molecular formula is C29H27N7O3. The second-order valence-corrected chi connectivity index (χ2v) is 9.00. The Morgan fingerprint density at radius 2 is 1.69 bits per heavy atom. The van der Waals surface area contributed by atoms with Gasteiger partial charge in [-0.25, -0.2) is 19.3 Å². The highest BCUT2D eigenvalue weighted by Crippen LogP contribution is 2.26. The van der Waals surface area contributed by atoms with Crippen LogP contribution in [0.15, 0.2) is 102 Å². The number of hydrogen-bond donors (Lipinski definition) is 2. The molecular weight excluding hydrogens is 494 g/mol. The summed E-state index contributed by atoms with van der Waals surface area (Å²) in [5.74, 6) is 1.22. The number of rotatable bonds is 8. The van der Waals surface area contributed by atoms with Crippen LogP contribution in [0, 0.1) is 0 Å². The zero-order valence-electron chi connectivity index (χ0n) is 21.5. The minimum atomic E-state index is -0.386. The van der Waals surface area contributed by atoms with E-state index in [4.69, 9.17) is 10.5 Å². The first-order valence-electron chi connectivity index (χ1n) is 12.2. The number of nitrogens with one attached hydrogen (secondary N) is 1. The Morgan fingerprint density at radius 3 is 2.44 bits per heavy atom. The van der Waals surface area contributed by atoms with Crippen LogP contribution in [0.2, 0.25) is 0 Å². The lowest BCUT2D eigenvalue weighted by molar-refractivity contribution is -0.111. The first-order valence-corrected chi connectivity index (χ1v) is 12.2. The molecule has 0 aliphatic carbocycles. The van der Waals surface area contributed by atoms with Gasteiger partial charge in [0.25, 0.3) is 0 Å². The van der Waals surface area contributed by atoms with Crippen molar-refractivity contribution in [3.8, 4) is 22.9 Å². The third-order valence-corrected chi connectivity index (χ3v) is 5.83. The lowest BCUT2D eigenvalue weighted by Crippen LogP contribution is -2.22. The van der Waals surface area contributed by atoms with Gasteiger partial charge in [-0.2, -0.15) is 0 Å². The van der Waals surface area contributed by atoms with E-state index in [9.17, 15) is 9.59 Å². The zero-order valence-corrected chi connectivity index (χ0v) is 21.5. The van der Waals surface area contributed by atoms with E-state index in [0.29, 0.717) is 46.3 Å². The summed E-state index contributed by atoms with van der Waals surface area (Å²) in [6.07, 6.45) is 4.56. The molecule has 0 atom stereocenters. The predicted molar refractivity (Wildman–Crippen MR) is 152 cm³/mol. The summed E-state index contributed by atoms with van der Waals surface area (Å²) in [5.41, 5.74) is 8.18. The molecule has 39 heavy (non-hydrogen) atoms. The van der Waals surface area contributed by atoms with Crippen LogP contribution in [0.5, 0.6) is 11.5 Å². The van der Waals surface area contributed by atoms with Crippen molar-refractivity contribution in [3.63, 3.8) is 0 Å². The van der Waals surface area contributed by atoms with Crippen molar-refractivity contribution >= 4 is 28.6 Å². The van der Waals surface area contributed by atoms with Gasteiger partial charge in [0.05, 0.1) is 11.4 Å². The van der Waals surface area contributed by atoms with E-state index in [-0.39, 0.29) is 17.4 Å². The number of para-hydroxylation sites is 1. The van der Waals surface area contributed by atoms with E-state index >= 15 is 0 Å². The van der Waals surface area contributed by atoms with Gasteiger partial charge in [0, 0.05) is 18.3 Å². The van der Waals surface area contributed by atoms with Gasteiger partial charge < -0.3 is 20.7 Å². The Morgan fingerprint density at radius 1 is 0.949 bits per heavy atom. The van der Waals surface area contributed by atoms with Crippen molar-refractivity contribution in [2.45, 2.75) is 0 Å². The monoisotopic (exact) mass is 521 g/mol. The first-order chi connectivity index (χ1) is 18.9. The first kappa shape index (κ1) is 25.4. The standard InChI is InChI=1S/C29H27N7O3/c1-34(2)17-7-12-25(37)33-20-8-6-9-22(18-20)36-28-26(27(30)31-19-32-28)35(29(36)38)21-13-15-24(16-14-21)39-23-10-4-3-5-11-23/h3-16,18-19H,17H2,1-2H3,(H,33,37)(H2,30,31,32). The van der Waals surface area contributed by atoms with Gasteiger partial charge in [0.1, 0.15) is 23.3 Å². The molecule has 5 rings (SSSR count). The largest absolute Gasteiger partial charge is 0.457 e. The van der Waals surface area contributed by atoms with E-state index in [1.807, 2.05) is 49.3 Å². The van der Waals surface area contributed by atoms with Gasteiger partial charge >= 0.3 is 5.69 Å². The molecule has 0 fully saturated rings. The number of likely N-dealkylation sites (N-methyl/N-ethyl adjacent to an activating group) is 1. The van der Waals surface area contributed by atoms with Crippen LogP contribution in [-0.2, 0) is 4.79 Å². The minimum absolute atomic E-state index is 0.163. The Labute approximate surface area is 224 Å². The second-order valence-electron chi connectivity index (χ2n) is 9.00. The van der Waals surface area contributed by atoms with Crippen molar-refractivity contribution in [3.05, 3.63) is 108 Å². The number of ether oxygens (including phenoxy) is 1. The number of nitrogens with two attached hydrogens (primary N) is 1. The fourth-order valence-corrected chi connectivity index (χ4v) is 4.08. The van der Waals surface area contributed by atoms with E-state index < -0.39 is 0 Å². The van der Waals surface area contributed by atoms with Crippen LogP contribution in [0.1, 0.15) is 0 Å². The fraction of sp³-hybridized carbons (Fsp3) is 0.103. The molecule has 0 radical (unpaired) electrons. The van der Waals surface area contributed by atoms with E-state index in [1.54, 1.807) is 54.6 Å². The molecule has 0 spiro atoms. The molecule has 1 amide bonds. The van der Waals surface area contributed by atoms with E-state index in [0.717, 1.165) is 0 Å². The van der Waals surface area contributed by atoms with Crippen molar-refractivity contribution in [2.75, 3.05) is 31.7 Å². The molecule has 10 heteroatoms. The molecule has 0 aliphatic rings. The Hall–Kier alpha value is -5.22. The predicted octanol–water partition coefficient (Wildman–Crippen LogP) is 4.00. The van der Waals surface area contributed by atoms with Crippen LogP contribution in [0.4, 0.5) is 11.5 Å². The molecule has 3 N–H and O–H groups in total. The van der Waals surface area contributed by atoms with Crippen LogP contribution >= 0.6 is 0 Å². The summed E-state index contributed by atoms with van der Waals surface area (Å²) in [6, 6.07) is 23.5. The highest BCUT2D eigenvalue weighted by Gasteiger charge is 2.20. The minimum Gasteiger partial charge on any atom is -0.457 e. The fourth-order valence-electron chi connectivity index (χ4n) is 4.08. The average Bonchev–Trinajstić information content (AvgIpc) is 3.22. The number of imidazole rings is 1. The Kier molecular flexibility index (Phi) is 7.19. The molecule has 5 aromatic rings. The molecule has 0 unspecified atom stereocenters. The summed E-state index contributed by atoms with van der Waals surface area (Å²) in [6.45, 7) is 0.642. The number of nitrogen functional groups attached to an aromatic ring is 1. The average molecular weight is 522 g/mol. The number of amides is 1. The number of aromatic nitrogens is 4. The topological polar surface area (TPSA) is 120 Å². The number of nitrogens with zero attached hydrogens (tertiary/aromatic N) is 5. The number of hydrogen-bond acceptors (Lipinski definition) is 7. The van der Waals surface area contributed by atoms with E-state index in [1.165, 1.54) is 21.5 Å². The van der Waals surface area contributed by atoms with Crippen molar-refractivity contribution in [1.29, 1.82) is 0 Å². The lowest BCUT2D eigenvalue weighted by Gasteiger charge is -2.08. The number of carbonyl (C=O) groups is 1. The summed E-state index contributed by atoms with van der Waals surface area (Å²) in [7, 11) is 3.84. The second kappa shape index (κ2) is 11.0. The third-order valence-electron chi connectivity index (χ3n) is 5.83. The number of carbonyl (C=O) groups excluding carboxylic acids is 1. The Bertz CT molecular complexity index is 1710. The maximum Gasteiger partial charge on any atom is 0.339 e. The number of benzene rings is 3. The van der Waals surface area contributed by atoms with Crippen LogP contribution in [0.25, 0.3) is 22.5 Å². The SMILES string of the molecule is CN(C)CC=CC(=O)Nc1cccc(-n2c(=O)n(-c3ccc(Oc4ccccc4)cc3)c3c(N)ncnc32)c1. The maximum atomic E-state index is 13.8. The smallest absolute Gasteiger partial charge is 0.339 e. The van der Waals surface area contributed by atoms with Crippen LogP contribution < -0.4 is 21.5 Å². The highest BCUT2D eigenvalue weighted by atomic mass is 16.5. The van der Waals surface area contributed by atoms with Crippen molar-refractivity contribution < 1.29 is 9.53 Å². The number of anilines is 2. The summed E-state index contributed by atoms with van der Waals surface area (Å²) < 4.78 is 8.79.